The molecule has 3 aromatic rings. The largest absolute Gasteiger partial charge is 0.462 e. The fourth-order valence-electron chi connectivity index (χ4n) is 8.26. The zero-order chi connectivity index (χ0) is 59.0. The first-order valence-corrected chi connectivity index (χ1v) is 27.5. The van der Waals surface area contributed by atoms with Crippen LogP contribution >= 0.6 is 23.5 Å². The van der Waals surface area contributed by atoms with Crippen LogP contribution < -0.4 is 18.9 Å². The lowest BCUT2D eigenvalue weighted by atomic mass is 9.82. The minimum Gasteiger partial charge on any atom is -0.462 e. The van der Waals surface area contributed by atoms with E-state index in [1.54, 1.807) is 48.5 Å². The molecule has 0 aromatic heterocycles. The smallest absolute Gasteiger partial charge is 0.330 e. The number of fused-ring (bicyclic) bond motifs is 1. The van der Waals surface area contributed by atoms with Crippen LogP contribution in [0, 0.1) is 41.6 Å². The van der Waals surface area contributed by atoms with Crippen molar-refractivity contribution >= 4 is 83.2 Å². The van der Waals surface area contributed by atoms with Crippen LogP contribution in [0.15, 0.2) is 106 Å². The van der Waals surface area contributed by atoms with Crippen molar-refractivity contribution in [3.05, 3.63) is 118 Å². The van der Waals surface area contributed by atoms with Gasteiger partial charge in [-0.15, -0.1) is 0 Å². The predicted octanol–water partition coefficient (Wildman–Crippen LogP) is 8.32. The third-order valence-corrected chi connectivity index (χ3v) is 15.3. The van der Waals surface area contributed by atoms with E-state index in [1.165, 1.54) is 12.1 Å². The molecule has 0 unspecified atom stereocenters. The van der Waals surface area contributed by atoms with Gasteiger partial charge in [-0.3, -0.25) is 38.4 Å². The highest BCUT2D eigenvalue weighted by molar-refractivity contribution is 8.24. The minimum atomic E-state index is -0.659. The van der Waals surface area contributed by atoms with Crippen molar-refractivity contribution in [2.75, 3.05) is 26.4 Å². The fourth-order valence-corrected chi connectivity index (χ4v) is 10.7. The van der Waals surface area contributed by atoms with Crippen LogP contribution in [-0.4, -0.2) is 86.1 Å². The third-order valence-electron chi connectivity index (χ3n) is 12.7. The topological polar surface area (TPSA) is 291 Å². The van der Waals surface area contributed by atoms with Crippen LogP contribution in [0.1, 0.15) is 88.2 Å². The molecular formula is C58H56N2O20S2. The molecule has 2 fully saturated rings. The Morgan fingerprint density at radius 1 is 0.488 bits per heavy atom. The Bertz CT molecular complexity index is 2820. The summed E-state index contributed by atoms with van der Waals surface area (Å²) in [4.78, 5) is 128. The molecule has 24 heteroatoms. The number of rotatable bonds is 26. The number of nitriles is 1. The highest BCUT2D eigenvalue weighted by Crippen LogP contribution is 2.59. The number of esters is 10. The van der Waals surface area contributed by atoms with Gasteiger partial charge < -0.3 is 47.4 Å². The first-order chi connectivity index (χ1) is 39.5. The Morgan fingerprint density at radius 3 is 1.12 bits per heavy atom. The molecule has 82 heavy (non-hydrogen) atoms. The average Bonchev–Trinajstić information content (AvgIpc) is 4.19. The summed E-state index contributed by atoms with van der Waals surface area (Å²) < 4.78 is 53.0. The molecule has 0 saturated heterocycles. The maximum Gasteiger partial charge on any atom is 0.330 e. The molecule has 0 bridgehead atoms. The number of hydrogen-bond acceptors (Lipinski definition) is 23. The van der Waals surface area contributed by atoms with Crippen molar-refractivity contribution in [1.82, 2.24) is 0 Å². The number of carbonyl (C=O) groups is 10. The van der Waals surface area contributed by atoms with Gasteiger partial charge in [0, 0.05) is 12.2 Å². The molecule has 22 nitrogen and oxygen atoms in total. The maximum absolute atomic E-state index is 13.6. The summed E-state index contributed by atoms with van der Waals surface area (Å²) in [5.41, 5.74) is 1.01. The van der Waals surface area contributed by atoms with Gasteiger partial charge in [0.1, 0.15) is 62.6 Å². The second kappa shape index (κ2) is 31.9. The summed E-state index contributed by atoms with van der Waals surface area (Å²) in [7, 11) is 0. The first kappa shape index (κ1) is 62.5. The summed E-state index contributed by atoms with van der Waals surface area (Å²) in [5, 5.41) is 9.69. The number of ether oxygens (including phenoxy) is 10. The van der Waals surface area contributed by atoms with E-state index in [9.17, 15) is 53.2 Å². The maximum atomic E-state index is 13.6. The monoisotopic (exact) mass is 1160 g/mol. The van der Waals surface area contributed by atoms with Crippen molar-refractivity contribution in [2.45, 2.75) is 100 Å². The highest BCUT2D eigenvalue weighted by Gasteiger charge is 2.37. The van der Waals surface area contributed by atoms with Crippen molar-refractivity contribution in [2.24, 2.45) is 23.7 Å². The van der Waals surface area contributed by atoms with Gasteiger partial charge >= 0.3 is 59.7 Å². The quantitative estimate of drug-likeness (QED) is 0.0139. The molecule has 2 aliphatic carbocycles. The van der Waals surface area contributed by atoms with Gasteiger partial charge in [0.15, 0.2) is 0 Å². The van der Waals surface area contributed by atoms with Crippen LogP contribution in [-0.2, 0) is 89.6 Å². The molecule has 2 saturated carbocycles. The second-order valence-corrected chi connectivity index (χ2v) is 20.7. The van der Waals surface area contributed by atoms with Crippen LogP contribution in [0.5, 0.6) is 23.0 Å². The molecule has 0 atom stereocenters. The van der Waals surface area contributed by atoms with E-state index in [1.807, 2.05) is 6.07 Å². The number of hydrogen-bond donors (Lipinski definition) is 0. The van der Waals surface area contributed by atoms with Crippen LogP contribution in [0.4, 0.5) is 0 Å². The average molecular weight is 1170 g/mol. The molecule has 430 valence electrons. The third kappa shape index (κ3) is 19.5. The van der Waals surface area contributed by atoms with Crippen molar-refractivity contribution in [3.63, 3.8) is 0 Å². The van der Waals surface area contributed by atoms with Crippen molar-refractivity contribution in [3.8, 4) is 29.1 Å². The van der Waals surface area contributed by atoms with E-state index in [0.717, 1.165) is 35.7 Å². The summed E-state index contributed by atoms with van der Waals surface area (Å²) >= 11 is 2.09. The Kier molecular flexibility index (Phi) is 24.3. The summed E-state index contributed by atoms with van der Waals surface area (Å²) in [6.45, 7) is 13.2. The minimum absolute atomic E-state index is 0.0918. The molecular weight excluding hydrogens is 1110 g/mol. The van der Waals surface area contributed by atoms with E-state index >= 15 is 0 Å². The number of allylic oxidation sites excluding steroid dienone is 1. The summed E-state index contributed by atoms with van der Waals surface area (Å²) in [5.74, 6) is -7.20. The van der Waals surface area contributed by atoms with E-state index in [0.29, 0.717) is 76.5 Å². The molecule has 0 N–H and O–H groups in total. The number of carbonyl (C=O) groups excluding carboxylic acids is 10. The predicted molar refractivity (Wildman–Crippen MR) is 286 cm³/mol. The van der Waals surface area contributed by atoms with Gasteiger partial charge in [0.05, 0.1) is 76.0 Å². The van der Waals surface area contributed by atoms with E-state index in [2.05, 4.69) is 18.0 Å². The highest BCUT2D eigenvalue weighted by atomic mass is 32.2. The van der Waals surface area contributed by atoms with Gasteiger partial charge in [-0.2, -0.15) is 0 Å². The Hall–Kier alpha value is -8.74. The number of benzene rings is 3. The lowest BCUT2D eigenvalue weighted by molar-refractivity contribution is -0.153. The standard InChI is InChI=1S/C58H56N2O20S2/c1-4-46(61)71-28-30-73-48(63)24-26-50(65)75-33-35-6-18-41(19-7-35)77-54(67)37-10-14-39(15-11-37)56(69)79-44-22-23-45(53-52(44)81-58(82-53)43(32-59)60-3)80-57(70)40-16-12-38(13-17-40)55(68)78-42-20-8-36(9-21-42)34-76-51(66)27-25-49(64)74-31-29-72-47(62)5-2/h4-9,18-23,37-40H,1-2,10-17,24-31,33-34H2. The number of nitrogens with zero attached hydrogens (tertiary/aromatic N) is 2. The Labute approximate surface area is 479 Å². The normalized spacial score (nSPS) is 16.8. The lowest BCUT2D eigenvalue weighted by Crippen LogP contribution is -2.30. The second-order valence-electron chi connectivity index (χ2n) is 18.4. The SMILES string of the molecule is [C-]#[N+]C(C#N)=C1Sc2c(OC(=O)C3CCC(C(=O)Oc4ccc(COC(=O)CCC(=O)OCCOC(=O)C=C)cc4)CC3)ccc(OC(=O)C3CCC(C(=O)Oc4ccc(COC(=O)CCC(=O)OCCOC(=O)C=C)cc4)CC3)c2S1. The summed E-state index contributed by atoms with van der Waals surface area (Å²) in [6.07, 6.45) is 3.74. The van der Waals surface area contributed by atoms with Gasteiger partial charge in [-0.05, 0) is 98.9 Å². The molecule has 6 rings (SSSR count). The summed E-state index contributed by atoms with van der Waals surface area (Å²) in [6, 6.07) is 17.5. The van der Waals surface area contributed by atoms with E-state index in [4.69, 9.17) is 53.9 Å². The molecule has 0 spiro atoms. The van der Waals surface area contributed by atoms with Crippen molar-refractivity contribution < 1.29 is 95.3 Å². The van der Waals surface area contributed by atoms with Gasteiger partial charge in [-0.25, -0.2) is 19.7 Å². The van der Waals surface area contributed by atoms with Gasteiger partial charge in [0.2, 0.25) is 0 Å². The molecule has 0 amide bonds. The van der Waals surface area contributed by atoms with E-state index in [-0.39, 0.29) is 94.0 Å². The number of thioether (sulfide) groups is 2. The Balaban J connectivity index is 0.915. The fraction of sp³-hybridized carbons (Fsp3) is 0.379. The molecule has 1 heterocycles. The van der Waals surface area contributed by atoms with Crippen LogP contribution in [0.2, 0.25) is 0 Å². The zero-order valence-electron chi connectivity index (χ0n) is 44.3. The van der Waals surface area contributed by atoms with E-state index < -0.39 is 83.4 Å². The van der Waals surface area contributed by atoms with Crippen molar-refractivity contribution in [1.29, 1.82) is 5.26 Å². The van der Waals surface area contributed by atoms with Gasteiger partial charge in [0.25, 0.3) is 5.70 Å². The van der Waals surface area contributed by atoms with Gasteiger partial charge in [-0.1, -0.05) is 60.9 Å². The molecule has 0 radical (unpaired) electrons. The lowest BCUT2D eigenvalue weighted by Gasteiger charge is -2.26. The first-order valence-electron chi connectivity index (χ1n) is 25.9. The molecule has 3 aromatic carbocycles. The van der Waals surface area contributed by atoms with Crippen LogP contribution in [0.25, 0.3) is 4.85 Å². The molecule has 3 aliphatic rings. The van der Waals surface area contributed by atoms with Crippen LogP contribution in [0.3, 0.4) is 0 Å². The molecule has 1 aliphatic heterocycles. The Morgan fingerprint density at radius 2 is 0.805 bits per heavy atom. The zero-order valence-corrected chi connectivity index (χ0v) is 45.9.